The van der Waals surface area contributed by atoms with Crippen LogP contribution in [0.1, 0.15) is 41.9 Å². The van der Waals surface area contributed by atoms with Crippen molar-refractivity contribution in [3.8, 4) is 0 Å². The van der Waals surface area contributed by atoms with Crippen molar-refractivity contribution >= 4 is 23.2 Å². The maximum atomic E-state index is 12.8. The predicted molar refractivity (Wildman–Crippen MR) is 106 cm³/mol. The lowest BCUT2D eigenvalue weighted by Crippen LogP contribution is -2.54. The fourth-order valence-corrected chi connectivity index (χ4v) is 3.21. The summed E-state index contributed by atoms with van der Waals surface area (Å²) in [4.78, 5) is 25.8. The van der Waals surface area contributed by atoms with Crippen molar-refractivity contribution in [2.75, 3.05) is 6.54 Å². The summed E-state index contributed by atoms with van der Waals surface area (Å²) in [6.45, 7) is 4.41. The van der Waals surface area contributed by atoms with Crippen LogP contribution >= 0.6 is 11.3 Å². The van der Waals surface area contributed by atoms with E-state index in [-0.39, 0.29) is 11.8 Å². The molecule has 140 valence electrons. The van der Waals surface area contributed by atoms with Crippen LogP contribution in [0.25, 0.3) is 0 Å². The maximum Gasteiger partial charge on any atom is 0.262 e. The molecule has 0 spiro atoms. The number of nitrogens with two attached hydrogens (primary N) is 1. The lowest BCUT2D eigenvalue weighted by atomic mass is 9.94. The van der Waals surface area contributed by atoms with Crippen LogP contribution in [0.5, 0.6) is 0 Å². The van der Waals surface area contributed by atoms with Gasteiger partial charge in [-0.25, -0.2) is 0 Å². The molecule has 0 radical (unpaired) electrons. The molecule has 6 heteroatoms. The van der Waals surface area contributed by atoms with Gasteiger partial charge >= 0.3 is 0 Å². The summed E-state index contributed by atoms with van der Waals surface area (Å²) >= 11 is 1.35. The monoisotopic (exact) mass is 373 g/mol. The first-order chi connectivity index (χ1) is 12.5. The first-order valence-electron chi connectivity index (χ1n) is 8.92. The first kappa shape index (κ1) is 20.1. The predicted octanol–water partition coefficient (Wildman–Crippen LogP) is 2.72. The van der Waals surface area contributed by atoms with Gasteiger partial charge in [0, 0.05) is 18.5 Å². The summed E-state index contributed by atoms with van der Waals surface area (Å²) in [5.74, 6) is -0.448. The summed E-state index contributed by atoms with van der Waals surface area (Å²) in [6.07, 6.45) is 1.98. The lowest BCUT2D eigenvalue weighted by Gasteiger charge is -2.28. The molecule has 2 aromatic rings. The van der Waals surface area contributed by atoms with Gasteiger partial charge in [-0.1, -0.05) is 50.2 Å². The molecule has 0 aliphatic heterocycles. The number of carbonyl (C=O) groups excluding carboxylic acids is 2. The number of hydrogen-bond donors (Lipinski definition) is 3. The second-order valence-electron chi connectivity index (χ2n) is 6.48. The van der Waals surface area contributed by atoms with Crippen LogP contribution in [0.15, 0.2) is 47.8 Å². The third kappa shape index (κ3) is 5.68. The number of rotatable bonds is 9. The number of thiophene rings is 1. The highest BCUT2D eigenvalue weighted by atomic mass is 32.1. The van der Waals surface area contributed by atoms with E-state index in [1.54, 1.807) is 6.07 Å². The zero-order chi connectivity index (χ0) is 19.0. The van der Waals surface area contributed by atoms with Crippen LogP contribution in [-0.2, 0) is 11.2 Å². The van der Waals surface area contributed by atoms with Crippen molar-refractivity contribution in [2.45, 2.75) is 44.7 Å². The van der Waals surface area contributed by atoms with Crippen LogP contribution in [0.3, 0.4) is 0 Å². The Morgan fingerprint density at radius 2 is 1.81 bits per heavy atom. The summed E-state index contributed by atoms with van der Waals surface area (Å²) in [6, 6.07) is 12.6. The average Bonchev–Trinajstić information content (AvgIpc) is 3.21. The van der Waals surface area contributed by atoms with E-state index in [1.807, 2.05) is 55.6 Å². The number of carbonyl (C=O) groups is 2. The Hall–Kier alpha value is -2.18. The highest BCUT2D eigenvalue weighted by molar-refractivity contribution is 7.12. The van der Waals surface area contributed by atoms with Gasteiger partial charge in [-0.2, -0.15) is 0 Å². The summed E-state index contributed by atoms with van der Waals surface area (Å²) in [7, 11) is 0. The van der Waals surface area contributed by atoms with Crippen LogP contribution < -0.4 is 16.4 Å². The first-order valence-corrected chi connectivity index (χ1v) is 9.80. The quantitative estimate of drug-likeness (QED) is 0.632. The van der Waals surface area contributed by atoms with Crippen LogP contribution in [0.4, 0.5) is 0 Å². The molecule has 2 amide bonds. The Kier molecular flexibility index (Phi) is 7.36. The molecule has 4 N–H and O–H groups in total. The van der Waals surface area contributed by atoms with E-state index in [0.29, 0.717) is 17.8 Å². The van der Waals surface area contributed by atoms with Crippen LogP contribution in [0, 0.1) is 0 Å². The standard InChI is InChI=1S/C20H27N3O2S/c1-3-20(21,4-2)14-22-18(24)16(13-15-9-6-5-7-10-15)23-19(25)17-11-8-12-26-17/h5-12,16H,3-4,13-14,21H2,1-2H3,(H,22,24)(H,23,25). The smallest absolute Gasteiger partial charge is 0.262 e. The zero-order valence-corrected chi connectivity index (χ0v) is 16.1. The van der Waals surface area contributed by atoms with E-state index in [2.05, 4.69) is 10.6 Å². The van der Waals surface area contributed by atoms with E-state index in [4.69, 9.17) is 5.73 Å². The normalized spacial score (nSPS) is 12.4. The summed E-state index contributed by atoms with van der Waals surface area (Å²) in [5.41, 5.74) is 6.84. The number of benzene rings is 1. The molecular formula is C20H27N3O2S. The van der Waals surface area contributed by atoms with Crippen molar-refractivity contribution < 1.29 is 9.59 Å². The minimum Gasteiger partial charge on any atom is -0.352 e. The minimum absolute atomic E-state index is 0.213. The molecule has 1 unspecified atom stereocenters. The molecule has 0 aliphatic rings. The lowest BCUT2D eigenvalue weighted by molar-refractivity contribution is -0.123. The van der Waals surface area contributed by atoms with E-state index in [1.165, 1.54) is 11.3 Å². The summed E-state index contributed by atoms with van der Waals surface area (Å²) in [5, 5.41) is 7.62. The maximum absolute atomic E-state index is 12.8. The largest absolute Gasteiger partial charge is 0.352 e. The number of hydrogen-bond acceptors (Lipinski definition) is 4. The van der Waals surface area contributed by atoms with Gasteiger partial charge in [-0.15, -0.1) is 11.3 Å². The van der Waals surface area contributed by atoms with Gasteiger partial charge in [0.2, 0.25) is 5.91 Å². The molecule has 0 bridgehead atoms. The fourth-order valence-electron chi connectivity index (χ4n) is 2.58. The molecule has 0 fully saturated rings. The molecule has 0 saturated carbocycles. The molecule has 5 nitrogen and oxygen atoms in total. The number of amides is 2. The van der Waals surface area contributed by atoms with Gasteiger partial charge < -0.3 is 16.4 Å². The molecule has 1 atom stereocenters. The molecule has 0 aliphatic carbocycles. The Morgan fingerprint density at radius 3 is 2.38 bits per heavy atom. The minimum atomic E-state index is -0.648. The van der Waals surface area contributed by atoms with Crippen molar-refractivity contribution in [1.29, 1.82) is 0 Å². The van der Waals surface area contributed by atoms with Crippen molar-refractivity contribution in [3.63, 3.8) is 0 Å². The highest BCUT2D eigenvalue weighted by Gasteiger charge is 2.26. The second-order valence-corrected chi connectivity index (χ2v) is 7.43. The van der Waals surface area contributed by atoms with E-state index in [9.17, 15) is 9.59 Å². The molecular weight excluding hydrogens is 346 g/mol. The molecule has 0 saturated heterocycles. The molecule has 2 rings (SSSR count). The molecule has 1 aromatic carbocycles. The molecule has 1 heterocycles. The average molecular weight is 374 g/mol. The third-order valence-electron chi connectivity index (χ3n) is 4.67. The third-order valence-corrected chi connectivity index (χ3v) is 5.54. The summed E-state index contributed by atoms with van der Waals surface area (Å²) < 4.78 is 0. The Morgan fingerprint density at radius 1 is 1.12 bits per heavy atom. The Bertz CT molecular complexity index is 697. The molecule has 1 aromatic heterocycles. The Labute approximate surface area is 159 Å². The van der Waals surface area contributed by atoms with Crippen molar-refractivity contribution in [2.24, 2.45) is 5.73 Å². The second kappa shape index (κ2) is 9.50. The van der Waals surface area contributed by atoms with E-state index >= 15 is 0 Å². The zero-order valence-electron chi connectivity index (χ0n) is 15.3. The van der Waals surface area contributed by atoms with Gasteiger partial charge in [0.1, 0.15) is 6.04 Å². The fraction of sp³-hybridized carbons (Fsp3) is 0.400. The van der Waals surface area contributed by atoms with Gasteiger partial charge in [-0.05, 0) is 29.9 Å². The van der Waals surface area contributed by atoms with Gasteiger partial charge in [0.25, 0.3) is 5.91 Å². The highest BCUT2D eigenvalue weighted by Crippen LogP contribution is 2.12. The van der Waals surface area contributed by atoms with Crippen molar-refractivity contribution in [3.05, 3.63) is 58.3 Å². The van der Waals surface area contributed by atoms with Crippen molar-refractivity contribution in [1.82, 2.24) is 10.6 Å². The van der Waals surface area contributed by atoms with Crippen LogP contribution in [-0.4, -0.2) is 29.9 Å². The van der Waals surface area contributed by atoms with E-state index in [0.717, 1.165) is 18.4 Å². The number of nitrogens with one attached hydrogen (secondary N) is 2. The Balaban J connectivity index is 2.08. The SMILES string of the molecule is CCC(N)(CC)CNC(=O)C(Cc1ccccc1)NC(=O)c1cccs1. The topological polar surface area (TPSA) is 84.2 Å². The van der Waals surface area contributed by atoms with Gasteiger partial charge in [-0.3, -0.25) is 9.59 Å². The van der Waals surface area contributed by atoms with E-state index < -0.39 is 11.6 Å². The molecule has 26 heavy (non-hydrogen) atoms. The van der Waals surface area contributed by atoms with Gasteiger partial charge in [0.05, 0.1) is 4.88 Å². The van der Waals surface area contributed by atoms with Gasteiger partial charge in [0.15, 0.2) is 0 Å². The van der Waals surface area contributed by atoms with Crippen LogP contribution in [0.2, 0.25) is 0 Å².